The van der Waals surface area contributed by atoms with E-state index in [-0.39, 0.29) is 24.7 Å². The third kappa shape index (κ3) is 6.84. The average Bonchev–Trinajstić information content (AvgIpc) is 2.54. The summed E-state index contributed by atoms with van der Waals surface area (Å²) < 4.78 is 39.7. The van der Waals surface area contributed by atoms with E-state index < -0.39 is 18.8 Å². The number of amides is 1. The minimum Gasteiger partial charge on any atom is -0.354 e. The number of rotatable bonds is 6. The molecule has 1 atom stereocenters. The molecule has 0 radical (unpaired) electrons. The molecular weight excluding hydrogens is 355 g/mol. The van der Waals surface area contributed by atoms with Gasteiger partial charge in [-0.2, -0.15) is 13.2 Å². The van der Waals surface area contributed by atoms with Gasteiger partial charge in [-0.25, -0.2) is 0 Å². The molecule has 0 aromatic heterocycles. The highest BCUT2D eigenvalue weighted by atomic mass is 35.5. The number of halogens is 4. The summed E-state index contributed by atoms with van der Waals surface area (Å²) in [6, 6.07) is 6.08. The number of nitrogens with one attached hydrogen (secondary N) is 2. The van der Waals surface area contributed by atoms with E-state index >= 15 is 0 Å². The Hall–Kier alpha value is -1.31. The van der Waals surface area contributed by atoms with Crippen molar-refractivity contribution in [2.75, 3.05) is 32.7 Å². The molecule has 1 heterocycles. The van der Waals surface area contributed by atoms with E-state index in [0.717, 1.165) is 11.1 Å². The summed E-state index contributed by atoms with van der Waals surface area (Å²) in [6.45, 7) is 3.31. The maximum Gasteiger partial charge on any atom is 0.405 e. The Morgan fingerprint density at radius 2 is 1.92 bits per heavy atom. The molecule has 1 amide bonds. The zero-order valence-electron chi connectivity index (χ0n) is 14.2. The van der Waals surface area contributed by atoms with Crippen LogP contribution in [0.5, 0.6) is 0 Å². The summed E-state index contributed by atoms with van der Waals surface area (Å²) in [5, 5.41) is 5.49. The lowest BCUT2D eigenvalue weighted by Crippen LogP contribution is -2.57. The summed E-state index contributed by atoms with van der Waals surface area (Å²) in [4.78, 5) is 13.3. The predicted octanol–water partition coefficient (Wildman–Crippen LogP) is 2.30. The minimum atomic E-state index is -4.35. The monoisotopic (exact) mass is 379 g/mol. The summed E-state index contributed by atoms with van der Waals surface area (Å²) in [5.41, 5.74) is 2.13. The lowest BCUT2D eigenvalue weighted by Gasteiger charge is -2.35. The first kappa shape index (κ1) is 21.7. The van der Waals surface area contributed by atoms with Crippen LogP contribution in [0.15, 0.2) is 24.3 Å². The van der Waals surface area contributed by atoms with Gasteiger partial charge in [0, 0.05) is 39.1 Å². The summed E-state index contributed by atoms with van der Waals surface area (Å²) in [7, 11) is 0. The van der Waals surface area contributed by atoms with Gasteiger partial charge in [-0.1, -0.05) is 24.3 Å². The SMILES string of the molecule is Cc1ccccc1CCC(=O)NCC(N1CCNCC1)C(F)(F)F.Cl. The number of benzene rings is 1. The fourth-order valence-corrected chi connectivity index (χ4v) is 2.88. The van der Waals surface area contributed by atoms with Crippen molar-refractivity contribution in [1.82, 2.24) is 15.5 Å². The first-order valence-electron chi connectivity index (χ1n) is 8.20. The first-order chi connectivity index (χ1) is 11.4. The van der Waals surface area contributed by atoms with Gasteiger partial charge >= 0.3 is 6.18 Å². The number of carbonyl (C=O) groups is 1. The van der Waals surface area contributed by atoms with Crippen LogP contribution in [-0.2, 0) is 11.2 Å². The van der Waals surface area contributed by atoms with Gasteiger partial charge in [0.05, 0.1) is 0 Å². The molecule has 1 aromatic carbocycles. The van der Waals surface area contributed by atoms with Gasteiger partial charge in [-0.15, -0.1) is 12.4 Å². The van der Waals surface area contributed by atoms with E-state index in [1.54, 1.807) is 0 Å². The Bertz CT molecular complexity index is 548. The van der Waals surface area contributed by atoms with Gasteiger partial charge in [-0.05, 0) is 24.5 Å². The van der Waals surface area contributed by atoms with Crippen LogP contribution in [0.4, 0.5) is 13.2 Å². The van der Waals surface area contributed by atoms with Crippen LogP contribution in [0.3, 0.4) is 0 Å². The van der Waals surface area contributed by atoms with E-state index in [0.29, 0.717) is 32.6 Å². The zero-order chi connectivity index (χ0) is 17.6. The second-order valence-electron chi connectivity index (χ2n) is 6.07. The van der Waals surface area contributed by atoms with Gasteiger partial charge in [0.1, 0.15) is 6.04 Å². The Morgan fingerprint density at radius 1 is 1.28 bits per heavy atom. The van der Waals surface area contributed by atoms with Gasteiger partial charge in [0.25, 0.3) is 0 Å². The minimum absolute atomic E-state index is 0. The number of nitrogens with zero attached hydrogens (tertiary/aromatic N) is 1. The second-order valence-corrected chi connectivity index (χ2v) is 6.07. The normalized spacial score (nSPS) is 16.8. The molecule has 8 heteroatoms. The number of piperazine rings is 1. The van der Waals surface area contributed by atoms with Crippen LogP contribution >= 0.6 is 12.4 Å². The summed E-state index contributed by atoms with van der Waals surface area (Å²) in [6.07, 6.45) is -3.62. The van der Waals surface area contributed by atoms with Crippen LogP contribution in [-0.4, -0.2) is 55.7 Å². The number of aryl methyl sites for hydroxylation is 2. The van der Waals surface area contributed by atoms with Gasteiger partial charge in [-0.3, -0.25) is 9.69 Å². The van der Waals surface area contributed by atoms with Crippen molar-refractivity contribution >= 4 is 18.3 Å². The maximum atomic E-state index is 13.2. The first-order valence-corrected chi connectivity index (χ1v) is 8.20. The van der Waals surface area contributed by atoms with Crippen molar-refractivity contribution in [3.63, 3.8) is 0 Å². The molecule has 4 nitrogen and oxygen atoms in total. The van der Waals surface area contributed by atoms with Crippen LogP contribution in [0, 0.1) is 6.92 Å². The van der Waals surface area contributed by atoms with E-state index in [4.69, 9.17) is 0 Å². The van der Waals surface area contributed by atoms with Crippen LogP contribution < -0.4 is 10.6 Å². The third-order valence-electron chi connectivity index (χ3n) is 4.35. The zero-order valence-corrected chi connectivity index (χ0v) is 15.1. The lowest BCUT2D eigenvalue weighted by atomic mass is 10.0. The average molecular weight is 380 g/mol. The summed E-state index contributed by atoms with van der Waals surface area (Å²) >= 11 is 0. The quantitative estimate of drug-likeness (QED) is 0.797. The molecular formula is C17H25ClF3N3O. The van der Waals surface area contributed by atoms with E-state index in [2.05, 4.69) is 10.6 Å². The van der Waals surface area contributed by atoms with Crippen LogP contribution in [0.25, 0.3) is 0 Å². The van der Waals surface area contributed by atoms with Crippen molar-refractivity contribution in [3.8, 4) is 0 Å². The molecule has 0 bridgehead atoms. The number of hydrogen-bond acceptors (Lipinski definition) is 3. The van der Waals surface area contributed by atoms with Crippen LogP contribution in [0.1, 0.15) is 17.5 Å². The van der Waals surface area contributed by atoms with Gasteiger partial charge in [0.15, 0.2) is 0 Å². The largest absolute Gasteiger partial charge is 0.405 e. The number of alkyl halides is 3. The fraction of sp³-hybridized carbons (Fsp3) is 0.588. The molecule has 2 N–H and O–H groups in total. The molecule has 25 heavy (non-hydrogen) atoms. The lowest BCUT2D eigenvalue weighted by molar-refractivity contribution is -0.184. The number of hydrogen-bond donors (Lipinski definition) is 2. The molecule has 0 saturated carbocycles. The Kier molecular flexibility index (Phi) is 8.68. The molecule has 1 aliphatic heterocycles. The van der Waals surface area contributed by atoms with Crippen molar-refractivity contribution in [3.05, 3.63) is 35.4 Å². The Balaban J connectivity index is 0.00000312. The van der Waals surface area contributed by atoms with Crippen molar-refractivity contribution in [2.24, 2.45) is 0 Å². The molecule has 1 aliphatic rings. The molecule has 1 fully saturated rings. The van der Waals surface area contributed by atoms with Gasteiger partial charge in [0.2, 0.25) is 5.91 Å². The molecule has 142 valence electrons. The van der Waals surface area contributed by atoms with E-state index in [9.17, 15) is 18.0 Å². The third-order valence-corrected chi connectivity index (χ3v) is 4.35. The number of carbonyl (C=O) groups excluding carboxylic acids is 1. The topological polar surface area (TPSA) is 44.4 Å². The molecule has 0 aliphatic carbocycles. The highest BCUT2D eigenvalue weighted by Gasteiger charge is 2.43. The molecule has 2 rings (SSSR count). The van der Waals surface area contributed by atoms with Crippen LogP contribution in [0.2, 0.25) is 0 Å². The maximum absolute atomic E-state index is 13.2. The standard InChI is InChI=1S/C17H24F3N3O.ClH/c1-13-4-2-3-5-14(13)6-7-16(24)22-12-15(17(18,19)20)23-10-8-21-9-11-23;/h2-5,15,21H,6-12H2,1H3,(H,22,24);1H. The molecule has 1 saturated heterocycles. The molecule has 0 spiro atoms. The second kappa shape index (κ2) is 9.99. The van der Waals surface area contributed by atoms with Crippen molar-refractivity contribution in [1.29, 1.82) is 0 Å². The Morgan fingerprint density at radius 3 is 2.52 bits per heavy atom. The van der Waals surface area contributed by atoms with E-state index in [1.165, 1.54) is 4.90 Å². The summed E-state index contributed by atoms with van der Waals surface area (Å²) in [5.74, 6) is -0.345. The fourth-order valence-electron chi connectivity index (χ4n) is 2.88. The predicted molar refractivity (Wildman–Crippen MR) is 94.0 cm³/mol. The molecule has 1 unspecified atom stereocenters. The Labute approximate surface area is 152 Å². The molecule has 1 aromatic rings. The highest BCUT2D eigenvalue weighted by Crippen LogP contribution is 2.24. The van der Waals surface area contributed by atoms with Gasteiger partial charge < -0.3 is 10.6 Å². The van der Waals surface area contributed by atoms with Crippen molar-refractivity contribution in [2.45, 2.75) is 32.0 Å². The highest BCUT2D eigenvalue weighted by molar-refractivity contribution is 5.85. The van der Waals surface area contributed by atoms with Crippen molar-refractivity contribution < 1.29 is 18.0 Å². The van der Waals surface area contributed by atoms with E-state index in [1.807, 2.05) is 31.2 Å². The smallest absolute Gasteiger partial charge is 0.354 e.